The number of aliphatic imine (C=N–C) groups is 1. The number of methoxy groups -OCH3 is 5. The maximum absolute atomic E-state index is 11.9. The fourth-order valence-corrected chi connectivity index (χ4v) is 12.2. The van der Waals surface area contributed by atoms with E-state index in [0.29, 0.717) is 28.2 Å². The second-order valence-corrected chi connectivity index (χ2v) is 25.5. The van der Waals surface area contributed by atoms with Crippen molar-refractivity contribution in [3.8, 4) is 34.4 Å². The lowest BCUT2D eigenvalue weighted by atomic mass is 9.99. The van der Waals surface area contributed by atoms with Crippen LogP contribution in [0.4, 0.5) is 33.5 Å². The van der Waals surface area contributed by atoms with Crippen LogP contribution in [0.1, 0.15) is 93.7 Å². The van der Waals surface area contributed by atoms with Crippen molar-refractivity contribution in [3.05, 3.63) is 182 Å². The summed E-state index contributed by atoms with van der Waals surface area (Å²) in [4.78, 5) is 16.1. The first-order valence-corrected chi connectivity index (χ1v) is 32.1. The Morgan fingerprint density at radius 3 is 1.40 bits per heavy atom. The summed E-state index contributed by atoms with van der Waals surface area (Å²) in [5.74, 6) is 6.56. The van der Waals surface area contributed by atoms with Crippen LogP contribution in [0.25, 0.3) is 59.5 Å². The number of aromatic nitrogens is 3. The Morgan fingerprint density at radius 1 is 0.538 bits per heavy atom. The van der Waals surface area contributed by atoms with E-state index >= 15 is 0 Å². The predicted octanol–water partition coefficient (Wildman–Crippen LogP) is 19.5. The normalized spacial score (nSPS) is 13.2. The van der Waals surface area contributed by atoms with Gasteiger partial charge in [0.15, 0.2) is 0 Å². The molecule has 468 valence electrons. The number of nitrogens with one attached hydrogen (secondary N) is 2. The molecule has 0 saturated heterocycles. The monoisotopic (exact) mass is 1380 g/mol. The minimum Gasteiger partial charge on any atom is -0.497 e. The molecule has 3 aliphatic rings. The summed E-state index contributed by atoms with van der Waals surface area (Å²) in [6, 6.07) is 50.2. The minimum absolute atomic E-state index is 0.355. The summed E-state index contributed by atoms with van der Waals surface area (Å²) in [5, 5.41) is 23.0. The van der Waals surface area contributed by atoms with Gasteiger partial charge in [-0.25, -0.2) is 9.89 Å². The largest absolute Gasteiger partial charge is 0.497 e. The van der Waals surface area contributed by atoms with Crippen molar-refractivity contribution >= 4 is 150 Å². The van der Waals surface area contributed by atoms with E-state index in [2.05, 4.69) is 100.0 Å². The van der Waals surface area contributed by atoms with Crippen LogP contribution in [0.3, 0.4) is 0 Å². The standard InChI is InChI=1S/C16H18BrNO3.C16H16N4OS.C15H13NOS.C14H15NO.C11H10BrNO/c1-16(2,3)21-15(19)18-14-8-7-13(17)11-6-5-10(20-4)9-12(11)14;1-21-10-4-5-12-11(9-2-3-9)6-7-14(13(12)8-10)20-15(17)18-19-16(20)22;1-17-11-4-5-13-12(10-2-3-10)6-7-15(16-9-18)14(13)8-11;1-16-10-4-5-12-11(9-2-3-9)6-7-14(15)13(12)8-10;1-14-7-2-3-8-9(6-7)11(13)5-4-10(8)12/h5-9H,1-4H3,(H,18,19);4-9H,2-3H2,1H3,(H2,17,18)(H,19,22);4-8,10H,2-3H2,1H3;4-9H,2-3,15H2,1H3;2-6H,13H2,1H3. The number of thiocarbonyl (C=S) groups is 1. The topological polar surface area (TPSA) is 209 Å². The summed E-state index contributed by atoms with van der Waals surface area (Å²) in [6.45, 7) is 5.49. The lowest BCUT2D eigenvalue weighted by molar-refractivity contribution is 0.0636. The first kappa shape index (κ1) is 65.2. The van der Waals surface area contributed by atoms with Crippen LogP contribution in [0.15, 0.2) is 166 Å². The van der Waals surface area contributed by atoms with E-state index < -0.39 is 11.7 Å². The molecule has 14 rings (SSSR count). The van der Waals surface area contributed by atoms with Gasteiger partial charge in [-0.2, -0.15) is 4.99 Å². The van der Waals surface area contributed by atoms with E-state index in [0.717, 1.165) is 104 Å². The molecule has 3 saturated carbocycles. The van der Waals surface area contributed by atoms with Crippen LogP contribution in [0.5, 0.6) is 28.7 Å². The Bertz CT molecular complexity index is 4630. The number of amides is 1. The number of aromatic amines is 1. The highest BCUT2D eigenvalue weighted by Gasteiger charge is 2.28. The molecular formula is C72H72Br2N8O7S2. The van der Waals surface area contributed by atoms with Gasteiger partial charge in [0.05, 0.1) is 57.8 Å². The Hall–Kier alpha value is -8.71. The van der Waals surface area contributed by atoms with Crippen LogP contribution in [0.2, 0.25) is 0 Å². The zero-order chi connectivity index (χ0) is 64.7. The highest BCUT2D eigenvalue weighted by molar-refractivity contribution is 9.11. The molecule has 0 aliphatic heterocycles. The molecule has 10 aromatic carbocycles. The van der Waals surface area contributed by atoms with Gasteiger partial charge in [-0.05, 0) is 260 Å². The van der Waals surface area contributed by atoms with E-state index in [9.17, 15) is 4.79 Å². The van der Waals surface area contributed by atoms with Crippen molar-refractivity contribution in [2.24, 2.45) is 4.99 Å². The van der Waals surface area contributed by atoms with Crippen molar-refractivity contribution in [1.82, 2.24) is 14.8 Å². The van der Waals surface area contributed by atoms with Gasteiger partial charge in [-0.15, -0.1) is 5.10 Å². The molecule has 8 N–H and O–H groups in total. The number of carbonyl (C=O) groups excluding carboxylic acids is 1. The number of nitrogens with two attached hydrogens (primary N) is 3. The zero-order valence-corrected chi connectivity index (χ0v) is 56.7. The number of hydrogen-bond donors (Lipinski definition) is 5. The van der Waals surface area contributed by atoms with Crippen LogP contribution < -0.4 is 46.2 Å². The van der Waals surface area contributed by atoms with E-state index in [1.54, 1.807) is 40.1 Å². The zero-order valence-electron chi connectivity index (χ0n) is 51.9. The van der Waals surface area contributed by atoms with Crippen LogP contribution >= 0.6 is 56.3 Å². The third kappa shape index (κ3) is 15.5. The van der Waals surface area contributed by atoms with Gasteiger partial charge in [0, 0.05) is 47.3 Å². The average molecular weight is 1390 g/mol. The molecule has 0 atom stereocenters. The van der Waals surface area contributed by atoms with Gasteiger partial charge in [-0.1, -0.05) is 68.3 Å². The van der Waals surface area contributed by atoms with Gasteiger partial charge < -0.3 is 45.6 Å². The van der Waals surface area contributed by atoms with Crippen molar-refractivity contribution in [3.63, 3.8) is 0 Å². The Morgan fingerprint density at radius 2 is 0.934 bits per heavy atom. The van der Waals surface area contributed by atoms with E-state index in [1.165, 1.54) is 71.4 Å². The molecule has 0 spiro atoms. The van der Waals surface area contributed by atoms with Gasteiger partial charge in [0.25, 0.3) is 0 Å². The number of isothiocyanates is 1. The number of ether oxygens (including phenoxy) is 6. The maximum atomic E-state index is 11.9. The molecule has 0 unspecified atom stereocenters. The van der Waals surface area contributed by atoms with Gasteiger partial charge in [-0.3, -0.25) is 9.88 Å². The number of anilines is 4. The molecule has 3 fully saturated rings. The van der Waals surface area contributed by atoms with Crippen molar-refractivity contribution in [1.29, 1.82) is 0 Å². The number of fused-ring (bicyclic) bond motifs is 5. The lowest BCUT2D eigenvalue weighted by Gasteiger charge is -2.20. The Kier molecular flexibility index (Phi) is 20.5. The molecule has 1 aromatic heterocycles. The molecule has 1 amide bonds. The summed E-state index contributed by atoms with van der Waals surface area (Å²) in [7, 11) is 8.29. The molecule has 1 heterocycles. The molecule has 0 radical (unpaired) electrons. The minimum atomic E-state index is -0.535. The fraction of sp³-hybridized carbons (Fsp3) is 0.250. The third-order valence-electron chi connectivity index (χ3n) is 15.9. The molecule has 0 bridgehead atoms. The van der Waals surface area contributed by atoms with E-state index in [4.69, 9.17) is 70.1 Å². The Labute approximate surface area is 556 Å². The number of H-pyrrole nitrogens is 1. The number of benzene rings is 10. The third-order valence-corrected chi connectivity index (χ3v) is 17.7. The predicted molar refractivity (Wildman–Crippen MR) is 384 cm³/mol. The van der Waals surface area contributed by atoms with Gasteiger partial charge in [0.2, 0.25) is 10.7 Å². The number of rotatable bonds is 11. The molecule has 19 heteroatoms. The summed E-state index contributed by atoms with van der Waals surface area (Å²) >= 11 is 17.0. The maximum Gasteiger partial charge on any atom is 0.412 e. The number of nitrogen functional groups attached to an aromatic ring is 3. The molecular weight excluding hydrogens is 1310 g/mol. The van der Waals surface area contributed by atoms with Gasteiger partial charge >= 0.3 is 6.09 Å². The summed E-state index contributed by atoms with van der Waals surface area (Å²) in [5.41, 5.74) is 25.6. The lowest BCUT2D eigenvalue weighted by Crippen LogP contribution is -2.27. The van der Waals surface area contributed by atoms with Gasteiger partial charge in [0.1, 0.15) is 34.3 Å². The quantitative estimate of drug-likeness (QED) is 0.0464. The Balaban J connectivity index is 0.000000126. The van der Waals surface area contributed by atoms with E-state index in [1.807, 2.05) is 130 Å². The highest BCUT2D eigenvalue weighted by Crippen LogP contribution is 2.48. The molecule has 3 aliphatic carbocycles. The van der Waals surface area contributed by atoms with E-state index in [-0.39, 0.29) is 0 Å². The first-order chi connectivity index (χ1) is 43.8. The highest BCUT2D eigenvalue weighted by atomic mass is 79.9. The number of carbonyl (C=O) groups is 1. The van der Waals surface area contributed by atoms with Crippen LogP contribution in [-0.4, -0.2) is 67.2 Å². The number of nitrogens with zero attached hydrogens (tertiary/aromatic N) is 3. The van der Waals surface area contributed by atoms with Crippen molar-refractivity contribution < 1.29 is 33.2 Å². The fourth-order valence-electron chi connectivity index (χ4n) is 10.9. The first-order valence-electron chi connectivity index (χ1n) is 29.7. The summed E-state index contributed by atoms with van der Waals surface area (Å²) < 4.78 is 35.8. The molecule has 11 aromatic rings. The van der Waals surface area contributed by atoms with Crippen molar-refractivity contribution in [2.45, 2.75) is 82.7 Å². The smallest absolute Gasteiger partial charge is 0.412 e. The SMILES string of the molecule is COc1ccc2c(Br)ccc(N)c2c1.COc1ccc2c(Br)ccc(NC(=O)OC(C)(C)C)c2c1.COc1ccc2c(C3CC3)ccc(-n3c(N)n[nH]c3=S)c2c1.COc1ccc2c(C3CC3)ccc(N)c2c1.COc1ccc2c(C3CC3)ccc(N=C=S)c2c1. The number of halogens is 2. The molecule has 15 nitrogen and oxygen atoms in total. The second-order valence-electron chi connectivity index (χ2n) is 23.3. The van der Waals surface area contributed by atoms with Crippen molar-refractivity contribution in [2.75, 3.05) is 58.1 Å². The second kappa shape index (κ2) is 28.6. The van der Waals surface area contributed by atoms with Crippen LogP contribution in [-0.2, 0) is 4.74 Å². The molecule has 91 heavy (non-hydrogen) atoms. The average Bonchev–Trinajstić information content (AvgIpc) is 1.78. The number of hydrogen-bond acceptors (Lipinski definition) is 14. The summed E-state index contributed by atoms with van der Waals surface area (Å²) in [6.07, 6.45) is 7.24. The van der Waals surface area contributed by atoms with Crippen LogP contribution in [0, 0.1) is 4.77 Å².